The Kier molecular flexibility index (Phi) is 4.24. The van der Waals surface area contributed by atoms with Crippen LogP contribution in [0.15, 0.2) is 6.20 Å². The van der Waals surface area contributed by atoms with Gasteiger partial charge in [-0.3, -0.25) is 0 Å². The molecule has 0 saturated carbocycles. The number of hydrogen-bond acceptors (Lipinski definition) is 5. The van der Waals surface area contributed by atoms with Crippen LogP contribution in [-0.2, 0) is 0 Å². The van der Waals surface area contributed by atoms with E-state index in [-0.39, 0.29) is 6.04 Å². The van der Waals surface area contributed by atoms with Gasteiger partial charge in [0.25, 0.3) is 0 Å². The molecular formula is C12H19ClN4O. The zero-order valence-electron chi connectivity index (χ0n) is 10.8. The normalized spacial score (nSPS) is 24.1. The molecule has 0 spiro atoms. The molecule has 2 atom stereocenters. The molecule has 2 unspecified atom stereocenters. The highest BCUT2D eigenvalue weighted by molar-refractivity contribution is 6.32. The highest BCUT2D eigenvalue weighted by Gasteiger charge is 2.29. The van der Waals surface area contributed by atoms with E-state index in [1.807, 2.05) is 0 Å². The summed E-state index contributed by atoms with van der Waals surface area (Å²) in [5.41, 5.74) is 5.88. The first-order valence-electron chi connectivity index (χ1n) is 6.20. The first-order valence-corrected chi connectivity index (χ1v) is 6.58. The predicted octanol–water partition coefficient (Wildman–Crippen LogP) is 1.70. The number of rotatable bonds is 3. The molecule has 5 nitrogen and oxygen atoms in total. The van der Waals surface area contributed by atoms with E-state index in [9.17, 15) is 0 Å². The first kappa shape index (κ1) is 13.4. The molecule has 100 valence electrons. The number of nitrogens with two attached hydrogens (primary N) is 1. The van der Waals surface area contributed by atoms with Crippen LogP contribution in [0.1, 0.15) is 19.8 Å². The van der Waals surface area contributed by atoms with Gasteiger partial charge in [-0.25, -0.2) is 4.98 Å². The molecule has 1 aromatic rings. The summed E-state index contributed by atoms with van der Waals surface area (Å²) in [4.78, 5) is 10.5. The van der Waals surface area contributed by atoms with Crippen LogP contribution in [-0.4, -0.2) is 36.2 Å². The number of anilines is 1. The van der Waals surface area contributed by atoms with E-state index in [2.05, 4.69) is 21.8 Å². The van der Waals surface area contributed by atoms with E-state index in [4.69, 9.17) is 22.1 Å². The molecule has 0 aliphatic carbocycles. The Hall–Kier alpha value is -1.07. The van der Waals surface area contributed by atoms with Gasteiger partial charge in [0.15, 0.2) is 5.82 Å². The maximum absolute atomic E-state index is 6.19. The first-order chi connectivity index (χ1) is 8.67. The molecule has 2 heterocycles. The number of hydrogen-bond donors (Lipinski definition) is 1. The third-order valence-corrected chi connectivity index (χ3v) is 3.78. The van der Waals surface area contributed by atoms with Gasteiger partial charge in [0.1, 0.15) is 5.02 Å². The Labute approximate surface area is 112 Å². The zero-order chi connectivity index (χ0) is 13.1. The fourth-order valence-corrected chi connectivity index (χ4v) is 2.71. The molecule has 0 amide bonds. The number of ether oxygens (including phenoxy) is 1. The molecule has 18 heavy (non-hydrogen) atoms. The Morgan fingerprint density at radius 2 is 2.39 bits per heavy atom. The molecular weight excluding hydrogens is 252 g/mol. The number of aromatic nitrogens is 2. The van der Waals surface area contributed by atoms with Crippen molar-refractivity contribution in [1.82, 2.24) is 9.97 Å². The largest absolute Gasteiger partial charge is 0.467 e. The van der Waals surface area contributed by atoms with Gasteiger partial charge in [0.05, 0.1) is 13.3 Å². The lowest BCUT2D eigenvalue weighted by Gasteiger charge is -2.40. The molecule has 2 N–H and O–H groups in total. The van der Waals surface area contributed by atoms with Crippen molar-refractivity contribution in [2.45, 2.75) is 25.8 Å². The highest BCUT2D eigenvalue weighted by Crippen LogP contribution is 2.32. The summed E-state index contributed by atoms with van der Waals surface area (Å²) < 4.78 is 5.06. The molecule has 1 fully saturated rings. The van der Waals surface area contributed by atoms with E-state index in [0.717, 1.165) is 18.8 Å². The quantitative estimate of drug-likeness (QED) is 0.906. The molecule has 1 aromatic heterocycles. The van der Waals surface area contributed by atoms with E-state index < -0.39 is 0 Å². The zero-order valence-corrected chi connectivity index (χ0v) is 11.5. The second-order valence-electron chi connectivity index (χ2n) is 4.64. The van der Waals surface area contributed by atoms with Crippen LogP contribution >= 0.6 is 11.6 Å². The molecule has 1 aliphatic heterocycles. The Balaban J connectivity index is 2.33. The smallest absolute Gasteiger partial charge is 0.318 e. The van der Waals surface area contributed by atoms with Crippen LogP contribution in [0, 0.1) is 5.92 Å². The highest BCUT2D eigenvalue weighted by atomic mass is 35.5. The van der Waals surface area contributed by atoms with Gasteiger partial charge in [-0.15, -0.1) is 0 Å². The maximum Gasteiger partial charge on any atom is 0.318 e. The summed E-state index contributed by atoms with van der Waals surface area (Å²) >= 11 is 6.19. The topological polar surface area (TPSA) is 64.3 Å². The van der Waals surface area contributed by atoms with Crippen LogP contribution < -0.4 is 15.4 Å². The van der Waals surface area contributed by atoms with Crippen molar-refractivity contribution in [2.24, 2.45) is 11.7 Å². The fourth-order valence-electron chi connectivity index (χ4n) is 2.51. The standard InChI is InChI=1S/C12H19ClN4O/c1-8-4-3-5-17(10(8)6-14)11-9(13)7-15-12(16-11)18-2/h7-8,10H,3-6,14H2,1-2H3. The van der Waals surface area contributed by atoms with Gasteiger partial charge in [0, 0.05) is 19.1 Å². The summed E-state index contributed by atoms with van der Waals surface area (Å²) in [5.74, 6) is 1.27. The lowest BCUT2D eigenvalue weighted by molar-refractivity contribution is 0.343. The van der Waals surface area contributed by atoms with Crippen molar-refractivity contribution < 1.29 is 4.74 Å². The lowest BCUT2D eigenvalue weighted by atomic mass is 9.91. The third-order valence-electron chi connectivity index (χ3n) is 3.52. The SMILES string of the molecule is COc1ncc(Cl)c(N2CCCC(C)C2CN)n1. The number of nitrogens with zero attached hydrogens (tertiary/aromatic N) is 3. The molecule has 6 heteroatoms. The molecule has 1 aliphatic rings. The Morgan fingerprint density at radius 3 is 3.06 bits per heavy atom. The minimum Gasteiger partial charge on any atom is -0.467 e. The van der Waals surface area contributed by atoms with Crippen LogP contribution in [0.5, 0.6) is 6.01 Å². The average Bonchev–Trinajstić information content (AvgIpc) is 2.39. The molecule has 0 radical (unpaired) electrons. The predicted molar refractivity (Wildman–Crippen MR) is 72.2 cm³/mol. The second kappa shape index (κ2) is 5.71. The number of methoxy groups -OCH3 is 1. The van der Waals surface area contributed by atoms with Crippen molar-refractivity contribution in [2.75, 3.05) is 25.1 Å². The lowest BCUT2D eigenvalue weighted by Crippen LogP contribution is -2.49. The van der Waals surface area contributed by atoms with Gasteiger partial charge in [-0.2, -0.15) is 4.98 Å². The minimum atomic E-state index is 0.274. The molecule has 0 aromatic carbocycles. The summed E-state index contributed by atoms with van der Waals surface area (Å²) in [6.07, 6.45) is 3.90. The maximum atomic E-state index is 6.19. The van der Waals surface area contributed by atoms with Crippen molar-refractivity contribution in [3.8, 4) is 6.01 Å². The van der Waals surface area contributed by atoms with E-state index >= 15 is 0 Å². The summed E-state index contributed by atoms with van der Waals surface area (Å²) in [5, 5.41) is 0.545. The van der Waals surface area contributed by atoms with Crippen LogP contribution in [0.3, 0.4) is 0 Å². The van der Waals surface area contributed by atoms with E-state index in [1.165, 1.54) is 6.42 Å². The van der Waals surface area contributed by atoms with Crippen molar-refractivity contribution in [1.29, 1.82) is 0 Å². The minimum absolute atomic E-state index is 0.274. The van der Waals surface area contributed by atoms with Crippen molar-refractivity contribution in [3.63, 3.8) is 0 Å². The van der Waals surface area contributed by atoms with Crippen molar-refractivity contribution in [3.05, 3.63) is 11.2 Å². The molecule has 0 bridgehead atoms. The molecule has 2 rings (SSSR count). The monoisotopic (exact) mass is 270 g/mol. The molecule has 1 saturated heterocycles. The van der Waals surface area contributed by atoms with E-state index in [0.29, 0.717) is 23.5 Å². The van der Waals surface area contributed by atoms with Gasteiger partial charge >= 0.3 is 6.01 Å². The van der Waals surface area contributed by atoms with Crippen molar-refractivity contribution >= 4 is 17.4 Å². The average molecular weight is 271 g/mol. The van der Waals surface area contributed by atoms with Gasteiger partial charge in [-0.05, 0) is 18.8 Å². The van der Waals surface area contributed by atoms with Crippen LogP contribution in [0.4, 0.5) is 5.82 Å². The second-order valence-corrected chi connectivity index (χ2v) is 5.05. The Morgan fingerprint density at radius 1 is 1.61 bits per heavy atom. The number of piperidine rings is 1. The van der Waals surface area contributed by atoms with Gasteiger partial charge < -0.3 is 15.4 Å². The summed E-state index contributed by atoms with van der Waals surface area (Å²) in [6, 6.07) is 0.610. The third kappa shape index (κ3) is 2.52. The fraction of sp³-hybridized carbons (Fsp3) is 0.667. The van der Waals surface area contributed by atoms with Gasteiger partial charge in [0.2, 0.25) is 0 Å². The summed E-state index contributed by atoms with van der Waals surface area (Å²) in [7, 11) is 1.55. The van der Waals surface area contributed by atoms with Gasteiger partial charge in [-0.1, -0.05) is 18.5 Å². The number of halogens is 1. The van der Waals surface area contributed by atoms with E-state index in [1.54, 1.807) is 13.3 Å². The summed E-state index contributed by atoms with van der Waals surface area (Å²) in [6.45, 7) is 3.74. The van der Waals surface area contributed by atoms with Crippen LogP contribution in [0.25, 0.3) is 0 Å². The van der Waals surface area contributed by atoms with Crippen LogP contribution in [0.2, 0.25) is 5.02 Å². The Bertz CT molecular complexity index is 415.